The van der Waals surface area contributed by atoms with Crippen LogP contribution in [0.4, 0.5) is 0 Å². The van der Waals surface area contributed by atoms with Crippen LogP contribution in [-0.2, 0) is 0 Å². The molecule has 1 aromatic heterocycles. The van der Waals surface area contributed by atoms with E-state index >= 15 is 0 Å². The average molecular weight is 424 g/mol. The van der Waals surface area contributed by atoms with E-state index in [4.69, 9.17) is 9.15 Å². The van der Waals surface area contributed by atoms with Gasteiger partial charge in [-0.1, -0.05) is 42.5 Å². The SMILES string of the molecule is Cc1cc2c(c3oc(C(=O)c4ccccc4)cc13)C(=O)c1c(OC(C)C)cccc1C2=O. The van der Waals surface area contributed by atoms with Gasteiger partial charge in [-0.05, 0) is 44.5 Å². The first kappa shape index (κ1) is 19.9. The third-order valence-electron chi connectivity index (χ3n) is 5.61. The number of hydrogen-bond donors (Lipinski definition) is 0. The molecule has 0 bridgehead atoms. The normalized spacial score (nSPS) is 12.8. The number of fused-ring (bicyclic) bond motifs is 4. The van der Waals surface area contributed by atoms with Crippen molar-refractivity contribution < 1.29 is 23.5 Å². The fourth-order valence-corrected chi connectivity index (χ4v) is 4.18. The summed E-state index contributed by atoms with van der Waals surface area (Å²) in [6.07, 6.45) is -0.164. The summed E-state index contributed by atoms with van der Waals surface area (Å²) >= 11 is 0. The van der Waals surface area contributed by atoms with Gasteiger partial charge < -0.3 is 9.15 Å². The molecule has 0 aliphatic heterocycles. The van der Waals surface area contributed by atoms with Gasteiger partial charge in [-0.25, -0.2) is 0 Å². The molecular weight excluding hydrogens is 404 g/mol. The number of hydrogen-bond acceptors (Lipinski definition) is 5. The van der Waals surface area contributed by atoms with Crippen LogP contribution in [0.1, 0.15) is 67.4 Å². The summed E-state index contributed by atoms with van der Waals surface area (Å²) in [6.45, 7) is 5.55. The van der Waals surface area contributed by atoms with Crippen molar-refractivity contribution in [1.82, 2.24) is 0 Å². The van der Waals surface area contributed by atoms with Crippen LogP contribution in [0.15, 0.2) is 65.1 Å². The average Bonchev–Trinajstić information content (AvgIpc) is 3.23. The number of carbonyl (C=O) groups is 3. The molecule has 0 atom stereocenters. The van der Waals surface area contributed by atoms with E-state index in [-0.39, 0.29) is 51.5 Å². The largest absolute Gasteiger partial charge is 0.490 e. The van der Waals surface area contributed by atoms with Crippen LogP contribution in [0.25, 0.3) is 11.0 Å². The number of aryl methyl sites for hydroxylation is 1. The summed E-state index contributed by atoms with van der Waals surface area (Å²) in [5.74, 6) is -0.401. The first-order valence-corrected chi connectivity index (χ1v) is 10.4. The molecule has 0 saturated heterocycles. The standard InChI is InChI=1S/C27H20O5/c1-14(2)31-20-11-7-10-17-22(20)26(30)23-19(25(17)29)12-15(3)18-13-21(32-27(18)23)24(28)16-8-5-4-6-9-16/h4-14H,1-3H3. The van der Waals surface area contributed by atoms with Crippen molar-refractivity contribution in [2.75, 3.05) is 0 Å². The Balaban J connectivity index is 1.73. The minimum atomic E-state index is -0.344. The number of ether oxygens (including phenoxy) is 1. The van der Waals surface area contributed by atoms with Gasteiger partial charge in [0.05, 0.1) is 17.2 Å². The van der Waals surface area contributed by atoms with Crippen molar-refractivity contribution in [3.8, 4) is 5.75 Å². The van der Waals surface area contributed by atoms with E-state index < -0.39 is 0 Å². The van der Waals surface area contributed by atoms with Crippen molar-refractivity contribution >= 4 is 28.3 Å². The highest BCUT2D eigenvalue weighted by Gasteiger charge is 2.36. The highest BCUT2D eigenvalue weighted by molar-refractivity contribution is 6.32. The molecule has 0 saturated carbocycles. The molecule has 5 heteroatoms. The third kappa shape index (κ3) is 2.97. The van der Waals surface area contributed by atoms with Crippen LogP contribution >= 0.6 is 0 Å². The maximum Gasteiger partial charge on any atom is 0.228 e. The van der Waals surface area contributed by atoms with E-state index in [2.05, 4.69) is 0 Å². The van der Waals surface area contributed by atoms with Crippen molar-refractivity contribution in [3.05, 3.63) is 99.8 Å². The molecule has 0 spiro atoms. The maximum absolute atomic E-state index is 13.7. The second-order valence-corrected chi connectivity index (χ2v) is 8.17. The summed E-state index contributed by atoms with van der Waals surface area (Å²) in [6, 6.07) is 17.2. The minimum absolute atomic E-state index is 0.125. The van der Waals surface area contributed by atoms with Crippen LogP contribution in [0, 0.1) is 6.92 Å². The molecule has 1 aliphatic carbocycles. The molecule has 1 heterocycles. The molecule has 1 aliphatic rings. The second kappa shape index (κ2) is 7.31. The quantitative estimate of drug-likeness (QED) is 0.355. The number of furan rings is 1. The first-order chi connectivity index (χ1) is 15.4. The molecule has 5 nitrogen and oxygen atoms in total. The Labute approximate surface area is 184 Å². The Kier molecular flexibility index (Phi) is 4.55. The zero-order valence-electron chi connectivity index (χ0n) is 17.9. The van der Waals surface area contributed by atoms with Crippen molar-refractivity contribution in [3.63, 3.8) is 0 Å². The molecule has 0 N–H and O–H groups in total. The van der Waals surface area contributed by atoms with E-state index in [1.807, 2.05) is 26.8 Å². The Morgan fingerprint density at radius 1 is 0.875 bits per heavy atom. The van der Waals surface area contributed by atoms with Crippen molar-refractivity contribution in [2.24, 2.45) is 0 Å². The minimum Gasteiger partial charge on any atom is -0.490 e. The third-order valence-corrected chi connectivity index (χ3v) is 5.61. The Hall–Kier alpha value is -3.99. The fraction of sp³-hybridized carbons (Fsp3) is 0.148. The number of ketones is 3. The predicted octanol–water partition coefficient (Wildman–Crippen LogP) is 5.53. The fourth-order valence-electron chi connectivity index (χ4n) is 4.18. The Morgan fingerprint density at radius 2 is 1.62 bits per heavy atom. The van der Waals surface area contributed by atoms with E-state index in [1.54, 1.807) is 54.6 Å². The monoisotopic (exact) mass is 424 g/mol. The summed E-state index contributed by atoms with van der Waals surface area (Å²) in [5.41, 5.74) is 2.50. The summed E-state index contributed by atoms with van der Waals surface area (Å²) in [7, 11) is 0. The predicted molar refractivity (Wildman–Crippen MR) is 120 cm³/mol. The van der Waals surface area contributed by atoms with Crippen LogP contribution < -0.4 is 4.74 Å². The zero-order valence-corrected chi connectivity index (χ0v) is 17.9. The van der Waals surface area contributed by atoms with E-state index in [0.717, 1.165) is 5.56 Å². The molecule has 32 heavy (non-hydrogen) atoms. The maximum atomic E-state index is 13.7. The van der Waals surface area contributed by atoms with Gasteiger partial charge in [-0.15, -0.1) is 0 Å². The lowest BCUT2D eigenvalue weighted by Crippen LogP contribution is -2.23. The Morgan fingerprint density at radius 3 is 2.34 bits per heavy atom. The smallest absolute Gasteiger partial charge is 0.228 e. The summed E-state index contributed by atoms with van der Waals surface area (Å²) < 4.78 is 11.8. The van der Waals surface area contributed by atoms with Gasteiger partial charge in [-0.3, -0.25) is 14.4 Å². The van der Waals surface area contributed by atoms with Crippen LogP contribution in [0.5, 0.6) is 5.75 Å². The van der Waals surface area contributed by atoms with E-state index in [1.165, 1.54) is 0 Å². The molecule has 5 rings (SSSR count). The van der Waals surface area contributed by atoms with Gasteiger partial charge in [0.1, 0.15) is 11.3 Å². The highest BCUT2D eigenvalue weighted by Crippen LogP contribution is 2.39. The van der Waals surface area contributed by atoms with Gasteiger partial charge in [0.15, 0.2) is 11.5 Å². The molecule has 3 aromatic carbocycles. The topological polar surface area (TPSA) is 73.6 Å². The molecule has 0 unspecified atom stereocenters. The molecule has 0 fully saturated rings. The summed E-state index contributed by atoms with van der Waals surface area (Å²) in [5, 5.41) is 0.634. The molecule has 0 radical (unpaired) electrons. The number of carbonyl (C=O) groups excluding carboxylic acids is 3. The van der Waals surface area contributed by atoms with Crippen molar-refractivity contribution in [1.29, 1.82) is 0 Å². The van der Waals surface area contributed by atoms with E-state index in [9.17, 15) is 14.4 Å². The van der Waals surface area contributed by atoms with Gasteiger partial charge in [-0.2, -0.15) is 0 Å². The van der Waals surface area contributed by atoms with Crippen LogP contribution in [0.3, 0.4) is 0 Å². The van der Waals surface area contributed by atoms with Gasteiger partial charge in [0.2, 0.25) is 11.6 Å². The molecular formula is C27H20O5. The zero-order chi connectivity index (χ0) is 22.6. The number of rotatable bonds is 4. The van der Waals surface area contributed by atoms with Crippen molar-refractivity contribution in [2.45, 2.75) is 26.9 Å². The molecule has 158 valence electrons. The van der Waals surface area contributed by atoms with Gasteiger partial charge in [0.25, 0.3) is 0 Å². The second-order valence-electron chi connectivity index (χ2n) is 8.17. The van der Waals surface area contributed by atoms with E-state index in [0.29, 0.717) is 22.3 Å². The lowest BCUT2D eigenvalue weighted by Gasteiger charge is -2.22. The molecule has 4 aromatic rings. The summed E-state index contributed by atoms with van der Waals surface area (Å²) in [4.78, 5) is 39.9. The van der Waals surface area contributed by atoms with Gasteiger partial charge in [0, 0.05) is 22.1 Å². The molecule has 0 amide bonds. The lowest BCUT2D eigenvalue weighted by molar-refractivity contribution is 0.0973. The number of benzene rings is 3. The Bertz CT molecular complexity index is 1420. The lowest BCUT2D eigenvalue weighted by atomic mass is 9.82. The highest BCUT2D eigenvalue weighted by atomic mass is 16.5. The van der Waals surface area contributed by atoms with Crippen LogP contribution in [-0.4, -0.2) is 23.5 Å². The first-order valence-electron chi connectivity index (χ1n) is 10.4. The van der Waals surface area contributed by atoms with Crippen LogP contribution in [0.2, 0.25) is 0 Å². The van der Waals surface area contributed by atoms with Gasteiger partial charge >= 0.3 is 0 Å².